The number of halogens is 1. The van der Waals surface area contributed by atoms with Gasteiger partial charge >= 0.3 is 0 Å². The Kier molecular flexibility index (Phi) is 7.19. The molecule has 0 bridgehead atoms. The van der Waals surface area contributed by atoms with Crippen LogP contribution in [0.15, 0.2) is 82.6 Å². The first-order chi connectivity index (χ1) is 15.7. The molecule has 4 rings (SSSR count). The van der Waals surface area contributed by atoms with E-state index in [0.717, 1.165) is 5.56 Å². The zero-order valence-corrected chi connectivity index (χ0v) is 17.9. The summed E-state index contributed by atoms with van der Waals surface area (Å²) in [5.41, 5.74) is 1.08. The van der Waals surface area contributed by atoms with Crippen LogP contribution in [0.25, 0.3) is 11.6 Å². The number of furan rings is 1. The maximum Gasteiger partial charge on any atom is 0.230 e. The molecule has 0 aliphatic carbocycles. The molecule has 2 aromatic heterocycles. The van der Waals surface area contributed by atoms with E-state index in [4.69, 9.17) is 9.15 Å². The molecule has 7 nitrogen and oxygen atoms in total. The Balaban J connectivity index is 1.33. The van der Waals surface area contributed by atoms with Gasteiger partial charge in [-0.2, -0.15) is 0 Å². The second-order valence-corrected chi connectivity index (χ2v) is 7.74. The Labute approximate surface area is 188 Å². The molecule has 32 heavy (non-hydrogen) atoms. The molecule has 2 heterocycles. The molecule has 0 aliphatic heterocycles. The molecule has 0 fully saturated rings. The van der Waals surface area contributed by atoms with E-state index in [-0.39, 0.29) is 24.1 Å². The molecular formula is C23H21FN4O3S. The number of aromatic nitrogens is 3. The second-order valence-electron chi connectivity index (χ2n) is 6.80. The lowest BCUT2D eigenvalue weighted by atomic mass is 10.2. The monoisotopic (exact) mass is 452 g/mol. The number of nitrogens with zero attached hydrogens (tertiary/aromatic N) is 3. The molecule has 1 amide bonds. The van der Waals surface area contributed by atoms with Crippen molar-refractivity contribution >= 4 is 17.7 Å². The van der Waals surface area contributed by atoms with Gasteiger partial charge in [0, 0.05) is 6.07 Å². The largest absolute Gasteiger partial charge is 0.492 e. The summed E-state index contributed by atoms with van der Waals surface area (Å²) in [4.78, 5) is 12.3. The summed E-state index contributed by atoms with van der Waals surface area (Å²) in [6, 6.07) is 19.4. The molecule has 4 aromatic rings. The number of amides is 1. The number of hydrogen-bond donors (Lipinski definition) is 1. The Hall–Kier alpha value is -3.59. The van der Waals surface area contributed by atoms with Crippen LogP contribution in [0.2, 0.25) is 0 Å². The predicted octanol–water partition coefficient (Wildman–Crippen LogP) is 4.01. The van der Waals surface area contributed by atoms with Crippen LogP contribution < -0.4 is 10.1 Å². The van der Waals surface area contributed by atoms with Gasteiger partial charge in [0.25, 0.3) is 0 Å². The van der Waals surface area contributed by atoms with Crippen molar-refractivity contribution in [3.8, 4) is 17.3 Å². The molecule has 0 radical (unpaired) electrons. The first kappa shape index (κ1) is 21.6. The average molecular weight is 453 g/mol. The van der Waals surface area contributed by atoms with Crippen molar-refractivity contribution in [3.05, 3.63) is 84.4 Å². The maximum absolute atomic E-state index is 13.2. The van der Waals surface area contributed by atoms with Crippen molar-refractivity contribution in [2.45, 2.75) is 11.7 Å². The number of thioether (sulfide) groups is 1. The van der Waals surface area contributed by atoms with Crippen LogP contribution in [-0.4, -0.2) is 39.6 Å². The minimum Gasteiger partial charge on any atom is -0.492 e. The van der Waals surface area contributed by atoms with Crippen LogP contribution >= 0.6 is 11.8 Å². The van der Waals surface area contributed by atoms with E-state index in [2.05, 4.69) is 15.5 Å². The molecule has 2 aromatic carbocycles. The summed E-state index contributed by atoms with van der Waals surface area (Å²) in [5.74, 6) is 1.28. The van der Waals surface area contributed by atoms with Crippen LogP contribution in [0.4, 0.5) is 4.39 Å². The predicted molar refractivity (Wildman–Crippen MR) is 119 cm³/mol. The van der Waals surface area contributed by atoms with Crippen LogP contribution in [0.3, 0.4) is 0 Å². The molecule has 0 unspecified atom stereocenters. The van der Waals surface area contributed by atoms with E-state index in [1.807, 2.05) is 41.0 Å². The van der Waals surface area contributed by atoms with Crippen molar-refractivity contribution in [1.29, 1.82) is 0 Å². The van der Waals surface area contributed by atoms with Gasteiger partial charge in [0.2, 0.25) is 11.7 Å². The Morgan fingerprint density at radius 2 is 1.97 bits per heavy atom. The number of ether oxygens (including phenoxy) is 1. The molecular weight excluding hydrogens is 431 g/mol. The molecule has 164 valence electrons. The first-order valence-electron chi connectivity index (χ1n) is 9.98. The van der Waals surface area contributed by atoms with Crippen molar-refractivity contribution < 1.29 is 18.3 Å². The number of carbonyl (C=O) groups is 1. The minimum atomic E-state index is -0.364. The Bertz CT molecular complexity index is 1150. The van der Waals surface area contributed by atoms with Gasteiger partial charge in [0.05, 0.1) is 25.1 Å². The SMILES string of the molecule is O=C(CSc1nnc(-c2ccco2)n1Cc1ccccc1)NCCOc1cccc(F)c1. The highest BCUT2D eigenvalue weighted by Gasteiger charge is 2.17. The Morgan fingerprint density at radius 1 is 1.09 bits per heavy atom. The standard InChI is InChI=1S/C23H21FN4O3S/c24-18-8-4-9-19(14-18)30-13-11-25-21(29)16-32-23-27-26-22(20-10-5-12-31-20)28(23)15-17-6-2-1-3-7-17/h1-10,12,14H,11,13,15-16H2,(H,25,29). The summed E-state index contributed by atoms with van der Waals surface area (Å²) < 4.78 is 26.0. The smallest absolute Gasteiger partial charge is 0.230 e. The van der Waals surface area contributed by atoms with E-state index in [9.17, 15) is 9.18 Å². The minimum absolute atomic E-state index is 0.161. The fraction of sp³-hybridized carbons (Fsp3) is 0.174. The molecule has 0 saturated carbocycles. The third kappa shape index (κ3) is 5.76. The summed E-state index contributed by atoms with van der Waals surface area (Å²) in [6.07, 6.45) is 1.59. The van der Waals surface area contributed by atoms with Gasteiger partial charge in [-0.25, -0.2) is 4.39 Å². The number of benzene rings is 2. The lowest BCUT2D eigenvalue weighted by Gasteiger charge is -2.10. The van der Waals surface area contributed by atoms with Gasteiger partial charge in [-0.05, 0) is 29.8 Å². The summed E-state index contributed by atoms with van der Waals surface area (Å²) in [7, 11) is 0. The second kappa shape index (κ2) is 10.6. The highest BCUT2D eigenvalue weighted by molar-refractivity contribution is 7.99. The molecule has 0 saturated heterocycles. The lowest BCUT2D eigenvalue weighted by molar-refractivity contribution is -0.118. The van der Waals surface area contributed by atoms with Gasteiger partial charge in [-0.3, -0.25) is 9.36 Å². The normalized spacial score (nSPS) is 10.8. The summed E-state index contributed by atoms with van der Waals surface area (Å²) >= 11 is 1.29. The first-order valence-corrected chi connectivity index (χ1v) is 11.0. The van der Waals surface area contributed by atoms with E-state index in [1.165, 1.54) is 23.9 Å². The van der Waals surface area contributed by atoms with Gasteiger partial charge in [0.1, 0.15) is 18.2 Å². The van der Waals surface area contributed by atoms with Crippen molar-refractivity contribution in [1.82, 2.24) is 20.1 Å². The van der Waals surface area contributed by atoms with Crippen LogP contribution in [-0.2, 0) is 11.3 Å². The number of nitrogens with one attached hydrogen (secondary N) is 1. The van der Waals surface area contributed by atoms with Gasteiger partial charge in [-0.15, -0.1) is 10.2 Å². The lowest BCUT2D eigenvalue weighted by Crippen LogP contribution is -2.29. The molecule has 0 atom stereocenters. The van der Waals surface area contributed by atoms with Crippen LogP contribution in [0.1, 0.15) is 5.56 Å². The third-order valence-electron chi connectivity index (χ3n) is 4.46. The molecule has 1 N–H and O–H groups in total. The van der Waals surface area contributed by atoms with Crippen molar-refractivity contribution in [2.24, 2.45) is 0 Å². The van der Waals surface area contributed by atoms with Crippen molar-refractivity contribution in [3.63, 3.8) is 0 Å². The quantitative estimate of drug-likeness (QED) is 0.289. The number of carbonyl (C=O) groups excluding carboxylic acids is 1. The highest BCUT2D eigenvalue weighted by atomic mass is 32.2. The molecule has 0 spiro atoms. The number of hydrogen-bond acceptors (Lipinski definition) is 6. The molecule has 0 aliphatic rings. The third-order valence-corrected chi connectivity index (χ3v) is 5.43. The van der Waals surface area contributed by atoms with Gasteiger partial charge in [0.15, 0.2) is 10.9 Å². The van der Waals surface area contributed by atoms with E-state index < -0.39 is 0 Å². The van der Waals surface area contributed by atoms with Crippen LogP contribution in [0.5, 0.6) is 5.75 Å². The zero-order chi connectivity index (χ0) is 22.2. The zero-order valence-electron chi connectivity index (χ0n) is 17.1. The highest BCUT2D eigenvalue weighted by Crippen LogP contribution is 2.25. The van der Waals surface area contributed by atoms with E-state index in [1.54, 1.807) is 24.5 Å². The molecule has 9 heteroatoms. The van der Waals surface area contributed by atoms with Gasteiger partial charge in [-0.1, -0.05) is 48.2 Å². The maximum atomic E-state index is 13.2. The average Bonchev–Trinajstić information content (AvgIpc) is 3.46. The Morgan fingerprint density at radius 3 is 2.75 bits per heavy atom. The van der Waals surface area contributed by atoms with Crippen LogP contribution in [0, 0.1) is 5.82 Å². The fourth-order valence-corrected chi connectivity index (χ4v) is 3.76. The van der Waals surface area contributed by atoms with E-state index in [0.29, 0.717) is 35.6 Å². The van der Waals surface area contributed by atoms with Gasteiger partial charge < -0.3 is 14.5 Å². The van der Waals surface area contributed by atoms with E-state index >= 15 is 0 Å². The van der Waals surface area contributed by atoms with Crippen molar-refractivity contribution in [2.75, 3.05) is 18.9 Å². The fourth-order valence-electron chi connectivity index (χ4n) is 2.99. The summed E-state index contributed by atoms with van der Waals surface area (Å²) in [6.45, 7) is 1.10. The number of rotatable bonds is 10. The summed E-state index contributed by atoms with van der Waals surface area (Å²) in [5, 5.41) is 11.9. The topological polar surface area (TPSA) is 82.2 Å².